The van der Waals surface area contributed by atoms with E-state index in [-0.39, 0.29) is 6.42 Å². The van der Waals surface area contributed by atoms with Gasteiger partial charge in [0.1, 0.15) is 12.1 Å². The first kappa shape index (κ1) is 15.5. The molecule has 9 heteroatoms. The fourth-order valence-electron chi connectivity index (χ4n) is 1.44. The van der Waals surface area contributed by atoms with Crippen LogP contribution < -0.4 is 5.32 Å². The zero-order valence-electron chi connectivity index (χ0n) is 10.4. The van der Waals surface area contributed by atoms with Crippen molar-refractivity contribution in [1.82, 2.24) is 10.2 Å². The highest BCUT2D eigenvalue weighted by Gasteiger charge is 2.32. The number of hydrogen-bond acceptors (Lipinski definition) is 6. The van der Waals surface area contributed by atoms with Gasteiger partial charge in [0.25, 0.3) is 17.7 Å². The van der Waals surface area contributed by atoms with Gasteiger partial charge in [0.05, 0.1) is 6.42 Å². The van der Waals surface area contributed by atoms with Crippen molar-refractivity contribution in [1.29, 1.82) is 0 Å². The predicted octanol–water partition coefficient (Wildman–Crippen LogP) is -2.22. The Hall–Kier alpha value is -2.55. The first-order valence-electron chi connectivity index (χ1n) is 5.54. The molecule has 3 N–H and O–H groups in total. The van der Waals surface area contributed by atoms with Gasteiger partial charge in [-0.1, -0.05) is 0 Å². The number of hydrogen-bond donors (Lipinski definition) is 3. The molecule has 0 aromatic heterocycles. The molecule has 0 aromatic rings. The number of aliphatic carboxylic acids is 1. The largest absolute Gasteiger partial charge is 0.480 e. The third-order valence-electron chi connectivity index (χ3n) is 2.53. The van der Waals surface area contributed by atoms with Crippen LogP contribution in [-0.2, 0) is 24.0 Å². The lowest BCUT2D eigenvalue weighted by Crippen LogP contribution is -2.42. The third kappa shape index (κ3) is 3.48. The van der Waals surface area contributed by atoms with Gasteiger partial charge < -0.3 is 10.2 Å². The molecule has 4 amide bonds. The van der Waals surface area contributed by atoms with Crippen molar-refractivity contribution in [2.45, 2.75) is 25.5 Å². The number of carboxylic acids is 1. The van der Waals surface area contributed by atoms with Crippen molar-refractivity contribution >= 4 is 29.6 Å². The minimum atomic E-state index is -1.19. The summed E-state index contributed by atoms with van der Waals surface area (Å²) in [5.41, 5.74) is 0. The quantitative estimate of drug-likeness (QED) is 0.487. The molecule has 1 fully saturated rings. The molecule has 2 rings (SSSR count). The SMILES string of the molecule is CC(C(=O)O)N1C(=O)C=CC1=O.O=C1CC(O)C(=O)N1. The summed E-state index contributed by atoms with van der Waals surface area (Å²) in [5, 5.41) is 19.0. The van der Waals surface area contributed by atoms with Crippen LogP contribution in [0, 0.1) is 0 Å². The van der Waals surface area contributed by atoms with Crippen molar-refractivity contribution in [3.05, 3.63) is 12.2 Å². The van der Waals surface area contributed by atoms with Gasteiger partial charge in [0.15, 0.2) is 0 Å². The molecule has 0 aromatic carbocycles. The summed E-state index contributed by atoms with van der Waals surface area (Å²) in [6.07, 6.45) is 0.921. The summed E-state index contributed by atoms with van der Waals surface area (Å²) >= 11 is 0. The second-order valence-corrected chi connectivity index (χ2v) is 4.03. The highest BCUT2D eigenvalue weighted by atomic mass is 16.4. The number of aliphatic hydroxyl groups excluding tert-OH is 1. The molecule has 0 bridgehead atoms. The summed E-state index contributed by atoms with van der Waals surface area (Å²) in [7, 11) is 0. The predicted molar refractivity (Wildman–Crippen MR) is 61.9 cm³/mol. The van der Waals surface area contributed by atoms with Gasteiger partial charge in [0, 0.05) is 12.2 Å². The molecule has 2 aliphatic rings. The molecule has 0 aliphatic carbocycles. The van der Waals surface area contributed by atoms with Crippen LogP contribution in [-0.4, -0.2) is 56.9 Å². The van der Waals surface area contributed by atoms with Crippen LogP contribution in [0.3, 0.4) is 0 Å². The molecule has 1 saturated heterocycles. The van der Waals surface area contributed by atoms with E-state index in [0.29, 0.717) is 4.90 Å². The fourth-order valence-corrected chi connectivity index (χ4v) is 1.44. The van der Waals surface area contributed by atoms with Gasteiger partial charge in [-0.25, -0.2) is 4.79 Å². The summed E-state index contributed by atoms with van der Waals surface area (Å²) < 4.78 is 0. The van der Waals surface area contributed by atoms with Crippen LogP contribution in [0.15, 0.2) is 12.2 Å². The lowest BCUT2D eigenvalue weighted by molar-refractivity contribution is -0.152. The highest BCUT2D eigenvalue weighted by molar-refractivity contribution is 6.14. The van der Waals surface area contributed by atoms with E-state index in [1.807, 2.05) is 5.32 Å². The minimum Gasteiger partial charge on any atom is -0.480 e. The van der Waals surface area contributed by atoms with E-state index in [9.17, 15) is 24.0 Å². The Morgan fingerprint density at radius 1 is 1.30 bits per heavy atom. The van der Waals surface area contributed by atoms with E-state index < -0.39 is 41.7 Å². The molecule has 2 aliphatic heterocycles. The Balaban J connectivity index is 0.000000217. The van der Waals surface area contributed by atoms with Crippen LogP contribution >= 0.6 is 0 Å². The molecule has 2 heterocycles. The molecular formula is C11H12N2O7. The molecule has 20 heavy (non-hydrogen) atoms. The van der Waals surface area contributed by atoms with Crippen molar-refractivity contribution in [3.63, 3.8) is 0 Å². The molecule has 2 unspecified atom stereocenters. The van der Waals surface area contributed by atoms with Gasteiger partial charge in [-0.3, -0.25) is 29.4 Å². The van der Waals surface area contributed by atoms with E-state index >= 15 is 0 Å². The number of carboxylic acid groups (broad SMARTS) is 1. The normalized spacial score (nSPS) is 22.5. The molecule has 108 valence electrons. The Bertz CT molecular complexity index is 493. The zero-order chi connectivity index (χ0) is 15.4. The highest BCUT2D eigenvalue weighted by Crippen LogP contribution is 2.08. The average Bonchev–Trinajstić information content (AvgIpc) is 2.82. The van der Waals surface area contributed by atoms with Crippen LogP contribution in [0.4, 0.5) is 0 Å². The molecule has 0 radical (unpaired) electrons. The maximum atomic E-state index is 10.9. The lowest BCUT2D eigenvalue weighted by atomic mass is 10.3. The second kappa shape index (κ2) is 6.06. The van der Waals surface area contributed by atoms with Crippen LogP contribution in [0.5, 0.6) is 0 Å². The maximum absolute atomic E-state index is 10.9. The standard InChI is InChI=1S/C7H7NO4.C4H5NO3/c1-4(7(11)12)8-5(9)2-3-6(8)10;6-2-1-3(7)5-4(2)8/h2-4H,1H3,(H,11,12);2,6H,1H2,(H,5,7,8). The fraction of sp³-hybridized carbons (Fsp3) is 0.364. The molecule has 0 spiro atoms. The van der Waals surface area contributed by atoms with Gasteiger partial charge in [-0.15, -0.1) is 0 Å². The summed E-state index contributed by atoms with van der Waals surface area (Å²) in [4.78, 5) is 53.2. The Morgan fingerprint density at radius 3 is 2.05 bits per heavy atom. The smallest absolute Gasteiger partial charge is 0.326 e. The number of nitrogens with zero attached hydrogens (tertiary/aromatic N) is 1. The third-order valence-corrected chi connectivity index (χ3v) is 2.53. The van der Waals surface area contributed by atoms with E-state index in [4.69, 9.17) is 10.2 Å². The number of carbonyl (C=O) groups excluding carboxylic acids is 4. The van der Waals surface area contributed by atoms with E-state index in [2.05, 4.69) is 0 Å². The van der Waals surface area contributed by atoms with Gasteiger partial charge in [-0.05, 0) is 6.92 Å². The second-order valence-electron chi connectivity index (χ2n) is 4.03. The Kier molecular flexibility index (Phi) is 4.70. The van der Waals surface area contributed by atoms with Crippen LogP contribution in [0.1, 0.15) is 13.3 Å². The lowest BCUT2D eigenvalue weighted by Gasteiger charge is -2.17. The summed E-state index contributed by atoms with van der Waals surface area (Å²) in [5.74, 6) is -3.33. The monoisotopic (exact) mass is 284 g/mol. The first-order valence-corrected chi connectivity index (χ1v) is 5.54. The van der Waals surface area contributed by atoms with E-state index in [1.165, 1.54) is 6.92 Å². The maximum Gasteiger partial charge on any atom is 0.326 e. The van der Waals surface area contributed by atoms with Crippen molar-refractivity contribution in [3.8, 4) is 0 Å². The topological polar surface area (TPSA) is 141 Å². The summed E-state index contributed by atoms with van der Waals surface area (Å²) in [6, 6.07) is -1.10. The zero-order valence-corrected chi connectivity index (χ0v) is 10.4. The van der Waals surface area contributed by atoms with E-state index in [1.54, 1.807) is 0 Å². The number of nitrogens with one attached hydrogen (secondary N) is 1. The van der Waals surface area contributed by atoms with Crippen molar-refractivity contribution < 1.29 is 34.2 Å². The minimum absolute atomic E-state index is 0.0845. The number of rotatable bonds is 2. The van der Waals surface area contributed by atoms with Crippen LogP contribution in [0.25, 0.3) is 0 Å². The van der Waals surface area contributed by atoms with Crippen molar-refractivity contribution in [2.75, 3.05) is 0 Å². The van der Waals surface area contributed by atoms with E-state index in [0.717, 1.165) is 12.2 Å². The number of amides is 4. The first-order chi connectivity index (χ1) is 9.23. The Labute approximate surface area is 112 Å². The number of imide groups is 2. The number of aliphatic hydroxyl groups is 1. The molecule has 0 saturated carbocycles. The number of carbonyl (C=O) groups is 5. The molecule has 9 nitrogen and oxygen atoms in total. The summed E-state index contributed by atoms with van der Waals surface area (Å²) in [6.45, 7) is 1.28. The van der Waals surface area contributed by atoms with Gasteiger partial charge in [0.2, 0.25) is 5.91 Å². The van der Waals surface area contributed by atoms with Crippen LogP contribution in [0.2, 0.25) is 0 Å². The average molecular weight is 284 g/mol. The molecular weight excluding hydrogens is 272 g/mol. The molecule has 2 atom stereocenters. The Morgan fingerprint density at radius 2 is 1.80 bits per heavy atom. The van der Waals surface area contributed by atoms with Crippen molar-refractivity contribution in [2.24, 2.45) is 0 Å². The van der Waals surface area contributed by atoms with Gasteiger partial charge >= 0.3 is 5.97 Å². The van der Waals surface area contributed by atoms with Gasteiger partial charge in [-0.2, -0.15) is 0 Å².